The van der Waals surface area contributed by atoms with Crippen molar-refractivity contribution in [3.8, 4) is 6.07 Å². The number of para-hydroxylation sites is 1. The van der Waals surface area contributed by atoms with Gasteiger partial charge in [-0.25, -0.2) is 12.7 Å². The Morgan fingerprint density at radius 3 is 2.27 bits per heavy atom. The van der Waals surface area contributed by atoms with Gasteiger partial charge in [0.2, 0.25) is 0 Å². The molecule has 0 aliphatic carbocycles. The molecule has 0 spiro atoms. The van der Waals surface area contributed by atoms with Crippen molar-refractivity contribution in [2.24, 2.45) is 10.8 Å². The fourth-order valence-electron chi connectivity index (χ4n) is 6.21. The number of ether oxygens (including phenoxy) is 1. The maximum absolute atomic E-state index is 14.1. The molecular formula is C27H34N2O3S. The lowest BCUT2D eigenvalue weighted by Gasteiger charge is -2.49. The Kier molecular flexibility index (Phi) is 5.27. The Bertz CT molecular complexity index is 1220. The van der Waals surface area contributed by atoms with Crippen LogP contribution in [0, 0.1) is 22.2 Å². The molecule has 6 heteroatoms. The summed E-state index contributed by atoms with van der Waals surface area (Å²) in [5.41, 5.74) is 0.275. The van der Waals surface area contributed by atoms with E-state index >= 15 is 0 Å². The molecule has 1 fully saturated rings. The first-order valence-corrected chi connectivity index (χ1v) is 12.9. The van der Waals surface area contributed by atoms with Crippen molar-refractivity contribution in [2.45, 2.75) is 76.8 Å². The van der Waals surface area contributed by atoms with E-state index < -0.39 is 32.5 Å². The maximum atomic E-state index is 14.1. The predicted octanol–water partition coefficient (Wildman–Crippen LogP) is 5.75. The van der Waals surface area contributed by atoms with Gasteiger partial charge in [-0.2, -0.15) is 5.26 Å². The van der Waals surface area contributed by atoms with Gasteiger partial charge >= 0.3 is 0 Å². The number of nitriles is 1. The van der Waals surface area contributed by atoms with Crippen molar-refractivity contribution < 1.29 is 13.2 Å². The van der Waals surface area contributed by atoms with Gasteiger partial charge in [0.15, 0.2) is 6.23 Å². The number of hydrogen-bond donors (Lipinski definition) is 0. The zero-order chi connectivity index (χ0) is 24.4. The van der Waals surface area contributed by atoms with E-state index in [9.17, 15) is 13.7 Å². The van der Waals surface area contributed by atoms with Crippen LogP contribution < -0.4 is 4.31 Å². The van der Waals surface area contributed by atoms with Gasteiger partial charge in [-0.3, -0.25) is 0 Å². The second-order valence-electron chi connectivity index (χ2n) is 11.6. The molecule has 4 rings (SSSR count). The Morgan fingerprint density at radius 2 is 1.67 bits per heavy atom. The minimum atomic E-state index is -3.93. The van der Waals surface area contributed by atoms with Crippen molar-refractivity contribution in [1.82, 2.24) is 0 Å². The highest BCUT2D eigenvalue weighted by molar-refractivity contribution is 7.92. The van der Waals surface area contributed by atoms with Gasteiger partial charge in [0.25, 0.3) is 10.0 Å². The molecule has 0 saturated carbocycles. The van der Waals surface area contributed by atoms with Crippen LogP contribution in [0.4, 0.5) is 5.69 Å². The van der Waals surface area contributed by atoms with E-state index in [0.29, 0.717) is 17.9 Å². The van der Waals surface area contributed by atoms with Crippen LogP contribution in [0.3, 0.4) is 0 Å². The molecular weight excluding hydrogens is 432 g/mol. The molecule has 2 heterocycles. The van der Waals surface area contributed by atoms with E-state index in [1.165, 1.54) is 4.31 Å². The van der Waals surface area contributed by atoms with E-state index in [0.717, 1.165) is 12.0 Å². The van der Waals surface area contributed by atoms with Crippen LogP contribution in [0.15, 0.2) is 53.4 Å². The molecule has 0 amide bonds. The van der Waals surface area contributed by atoms with Gasteiger partial charge in [-0.1, -0.05) is 78.8 Å². The number of rotatable bonds is 3. The number of hydrogen-bond acceptors (Lipinski definition) is 4. The molecule has 2 atom stereocenters. The lowest BCUT2D eigenvalue weighted by molar-refractivity contribution is 0.0998. The molecule has 2 unspecified atom stereocenters. The number of anilines is 1. The Morgan fingerprint density at radius 1 is 1.03 bits per heavy atom. The molecule has 33 heavy (non-hydrogen) atoms. The number of nitrogens with zero attached hydrogens (tertiary/aromatic N) is 2. The van der Waals surface area contributed by atoms with Crippen LogP contribution in [0.1, 0.15) is 66.0 Å². The van der Waals surface area contributed by atoms with Gasteiger partial charge in [-0.15, -0.1) is 0 Å². The second-order valence-corrected chi connectivity index (χ2v) is 13.4. The third kappa shape index (κ3) is 3.16. The van der Waals surface area contributed by atoms with E-state index in [4.69, 9.17) is 4.74 Å². The highest BCUT2D eigenvalue weighted by atomic mass is 32.2. The molecule has 0 bridgehead atoms. The van der Waals surface area contributed by atoms with Crippen molar-refractivity contribution in [1.29, 1.82) is 5.26 Å². The molecule has 2 aliphatic rings. The highest BCUT2D eigenvalue weighted by Crippen LogP contribution is 2.55. The summed E-state index contributed by atoms with van der Waals surface area (Å²) in [7, 11) is -3.93. The van der Waals surface area contributed by atoms with Crippen LogP contribution >= 0.6 is 0 Å². The summed E-state index contributed by atoms with van der Waals surface area (Å²) in [6, 6.07) is 17.2. The van der Waals surface area contributed by atoms with Crippen LogP contribution in [-0.4, -0.2) is 21.3 Å². The predicted molar refractivity (Wildman–Crippen MR) is 130 cm³/mol. The smallest absolute Gasteiger partial charge is 0.266 e. The van der Waals surface area contributed by atoms with Crippen LogP contribution in [0.5, 0.6) is 0 Å². The Labute approximate surface area is 198 Å². The average molecular weight is 467 g/mol. The van der Waals surface area contributed by atoms with E-state index in [1.807, 2.05) is 71.9 Å². The summed E-state index contributed by atoms with van der Waals surface area (Å²) in [5.74, 6) is 0. The first-order valence-electron chi connectivity index (χ1n) is 11.5. The molecule has 2 aromatic rings. The fourth-order valence-corrected chi connectivity index (χ4v) is 7.93. The van der Waals surface area contributed by atoms with Crippen molar-refractivity contribution in [3.63, 3.8) is 0 Å². The van der Waals surface area contributed by atoms with Crippen LogP contribution in [-0.2, 0) is 25.6 Å². The standard InChI is InChI=1S/C27H34N2O3S/c1-24(2,3)27(18-28,25(4,5)6)19-11-10-12-20(17-19)33(30,31)29-22-14-9-8-13-21(22)26(7)15-16-32-23(26)29/h8-14,17,23H,15-16H2,1-7H3. The molecule has 1 saturated heterocycles. The maximum Gasteiger partial charge on any atom is 0.266 e. The minimum absolute atomic E-state index is 0.183. The zero-order valence-corrected chi connectivity index (χ0v) is 21.5. The van der Waals surface area contributed by atoms with Crippen molar-refractivity contribution in [2.75, 3.05) is 10.9 Å². The second kappa shape index (κ2) is 7.32. The lowest BCUT2D eigenvalue weighted by Crippen LogP contribution is -2.49. The van der Waals surface area contributed by atoms with Crippen LogP contribution in [0.2, 0.25) is 0 Å². The topological polar surface area (TPSA) is 70.4 Å². The molecule has 0 aromatic heterocycles. The molecule has 0 N–H and O–H groups in total. The number of benzene rings is 2. The fraction of sp³-hybridized carbons (Fsp3) is 0.519. The highest BCUT2D eigenvalue weighted by Gasteiger charge is 2.56. The normalized spacial score (nSPS) is 23.2. The van der Waals surface area contributed by atoms with E-state index in [2.05, 4.69) is 13.0 Å². The monoisotopic (exact) mass is 466 g/mol. The van der Waals surface area contributed by atoms with Gasteiger partial charge in [0.05, 0.1) is 28.7 Å². The van der Waals surface area contributed by atoms with Gasteiger partial charge < -0.3 is 4.74 Å². The third-order valence-corrected chi connectivity index (χ3v) is 9.41. The number of sulfonamides is 1. The molecule has 0 radical (unpaired) electrons. The summed E-state index contributed by atoms with van der Waals surface area (Å²) < 4.78 is 35.7. The summed E-state index contributed by atoms with van der Waals surface area (Å²) >= 11 is 0. The lowest BCUT2D eigenvalue weighted by atomic mass is 9.52. The summed E-state index contributed by atoms with van der Waals surface area (Å²) in [5, 5.41) is 10.5. The van der Waals surface area contributed by atoms with Gasteiger partial charge in [0.1, 0.15) is 0 Å². The number of fused-ring (bicyclic) bond motifs is 3. The van der Waals surface area contributed by atoms with Crippen molar-refractivity contribution in [3.05, 3.63) is 59.7 Å². The molecule has 5 nitrogen and oxygen atoms in total. The summed E-state index contributed by atoms with van der Waals surface area (Å²) in [6.07, 6.45) is 0.196. The zero-order valence-electron chi connectivity index (χ0n) is 20.6. The molecule has 176 valence electrons. The van der Waals surface area contributed by atoms with E-state index in [1.54, 1.807) is 18.2 Å². The SMILES string of the molecule is CC12CCOC1N(S(=O)(=O)c1cccc(C(C#N)(C(C)(C)C)C(C)(C)C)c1)c1ccccc12. The van der Waals surface area contributed by atoms with Crippen molar-refractivity contribution >= 4 is 15.7 Å². The Hall–Kier alpha value is -2.36. The Balaban J connectivity index is 1.90. The van der Waals surface area contributed by atoms with E-state index in [-0.39, 0.29) is 10.3 Å². The quantitative estimate of drug-likeness (QED) is 0.577. The van der Waals surface area contributed by atoms with Gasteiger partial charge in [0, 0.05) is 5.41 Å². The first-order chi connectivity index (χ1) is 15.2. The summed E-state index contributed by atoms with van der Waals surface area (Å²) in [4.78, 5) is 0.183. The molecule has 2 aromatic carbocycles. The largest absolute Gasteiger partial charge is 0.356 e. The molecule has 2 aliphatic heterocycles. The summed E-state index contributed by atoms with van der Waals surface area (Å²) in [6.45, 7) is 14.8. The third-order valence-electron chi connectivity index (χ3n) is 7.65. The average Bonchev–Trinajstić information content (AvgIpc) is 3.20. The van der Waals surface area contributed by atoms with Crippen LogP contribution in [0.25, 0.3) is 0 Å². The first kappa shape index (κ1) is 23.8. The minimum Gasteiger partial charge on any atom is -0.356 e. The van der Waals surface area contributed by atoms with Gasteiger partial charge in [-0.05, 0) is 46.6 Å².